The molecule has 7 heteroatoms. The van der Waals surface area contributed by atoms with Crippen LogP contribution in [0.2, 0.25) is 0 Å². The smallest absolute Gasteiger partial charge is 0.220 e. The molecule has 6 nitrogen and oxygen atoms in total. The molecule has 2 rings (SSSR count). The number of hydrogen-bond acceptors (Lipinski definition) is 5. The summed E-state index contributed by atoms with van der Waals surface area (Å²) in [4.78, 5) is 0. The van der Waals surface area contributed by atoms with E-state index in [1.54, 1.807) is 13.0 Å². The second kappa shape index (κ2) is 4.75. The number of sulfonamides is 1. The lowest BCUT2D eigenvalue weighted by Gasteiger charge is -2.21. The van der Waals surface area contributed by atoms with Crippen molar-refractivity contribution in [2.75, 3.05) is 13.2 Å². The minimum Gasteiger partial charge on any atom is -0.395 e. The molecular weight excluding hydrogens is 244 g/mol. The largest absolute Gasteiger partial charge is 0.395 e. The standard InChI is InChI=1S/C10H16N2O4S/c1-8-5-9(11-16-8)7-17(14,15)12-4-2-3-10(12)6-13/h5,10,13H,2-4,6-7H2,1H3. The molecule has 1 aromatic rings. The fraction of sp³-hybridized carbons (Fsp3) is 0.700. The summed E-state index contributed by atoms with van der Waals surface area (Å²) in [6.07, 6.45) is 1.51. The van der Waals surface area contributed by atoms with Crippen molar-refractivity contribution in [3.8, 4) is 0 Å². The maximum Gasteiger partial charge on any atom is 0.220 e. The molecule has 1 saturated heterocycles. The summed E-state index contributed by atoms with van der Waals surface area (Å²) in [6, 6.07) is 1.33. The minimum absolute atomic E-state index is 0.128. The number of rotatable bonds is 4. The molecule has 1 aliphatic heterocycles. The van der Waals surface area contributed by atoms with Crippen LogP contribution in [0.15, 0.2) is 10.6 Å². The van der Waals surface area contributed by atoms with Crippen LogP contribution in [0, 0.1) is 6.92 Å². The molecule has 0 saturated carbocycles. The van der Waals surface area contributed by atoms with Gasteiger partial charge in [0.05, 0.1) is 6.61 Å². The zero-order chi connectivity index (χ0) is 12.5. The Labute approximate surface area is 100 Å². The lowest BCUT2D eigenvalue weighted by molar-refractivity contribution is 0.213. The summed E-state index contributed by atoms with van der Waals surface area (Å²) in [5.41, 5.74) is 0.408. The Hall–Kier alpha value is -0.920. The van der Waals surface area contributed by atoms with Crippen LogP contribution < -0.4 is 0 Å². The number of nitrogens with zero attached hydrogens (tertiary/aromatic N) is 2. The van der Waals surface area contributed by atoms with E-state index in [1.807, 2.05) is 0 Å². The molecule has 1 aliphatic rings. The van der Waals surface area contributed by atoms with Crippen LogP contribution in [0.3, 0.4) is 0 Å². The van der Waals surface area contributed by atoms with E-state index in [-0.39, 0.29) is 18.4 Å². The molecule has 0 aromatic carbocycles. The van der Waals surface area contributed by atoms with Gasteiger partial charge in [0.25, 0.3) is 0 Å². The van der Waals surface area contributed by atoms with E-state index in [0.29, 0.717) is 24.4 Å². The topological polar surface area (TPSA) is 83.6 Å². The number of aromatic nitrogens is 1. The second-order valence-electron chi connectivity index (χ2n) is 4.27. The first-order valence-corrected chi connectivity index (χ1v) is 7.16. The van der Waals surface area contributed by atoms with Crippen molar-refractivity contribution in [3.05, 3.63) is 17.5 Å². The molecule has 1 fully saturated rings. The predicted molar refractivity (Wildman–Crippen MR) is 60.7 cm³/mol. The Morgan fingerprint density at radius 2 is 2.41 bits per heavy atom. The second-order valence-corrected chi connectivity index (χ2v) is 6.20. The van der Waals surface area contributed by atoms with E-state index in [1.165, 1.54) is 4.31 Å². The van der Waals surface area contributed by atoms with Crippen molar-refractivity contribution < 1.29 is 18.0 Å². The van der Waals surface area contributed by atoms with Gasteiger partial charge in [-0.1, -0.05) is 5.16 Å². The van der Waals surface area contributed by atoms with Crippen molar-refractivity contribution in [1.82, 2.24) is 9.46 Å². The third-order valence-electron chi connectivity index (χ3n) is 2.90. The third kappa shape index (κ3) is 2.67. The van der Waals surface area contributed by atoms with E-state index in [9.17, 15) is 8.42 Å². The van der Waals surface area contributed by atoms with Crippen LogP contribution in [0.25, 0.3) is 0 Å². The quantitative estimate of drug-likeness (QED) is 0.840. The van der Waals surface area contributed by atoms with E-state index in [4.69, 9.17) is 9.63 Å². The van der Waals surface area contributed by atoms with E-state index in [0.717, 1.165) is 6.42 Å². The van der Waals surface area contributed by atoms with Gasteiger partial charge >= 0.3 is 0 Å². The van der Waals surface area contributed by atoms with Gasteiger partial charge in [0.1, 0.15) is 17.2 Å². The van der Waals surface area contributed by atoms with Crippen LogP contribution in [0.1, 0.15) is 24.3 Å². The van der Waals surface area contributed by atoms with Gasteiger partial charge in [-0.25, -0.2) is 8.42 Å². The van der Waals surface area contributed by atoms with Crippen LogP contribution in [0.4, 0.5) is 0 Å². The van der Waals surface area contributed by atoms with Gasteiger partial charge in [0.15, 0.2) is 0 Å². The first kappa shape index (κ1) is 12.5. The summed E-state index contributed by atoms with van der Waals surface area (Å²) in [7, 11) is -3.41. The van der Waals surface area contributed by atoms with Gasteiger partial charge in [0, 0.05) is 18.7 Å². The maximum absolute atomic E-state index is 12.1. The number of aryl methyl sites for hydroxylation is 1. The third-order valence-corrected chi connectivity index (χ3v) is 4.75. The lowest BCUT2D eigenvalue weighted by Crippen LogP contribution is -2.38. The molecule has 0 amide bonds. The Morgan fingerprint density at radius 1 is 1.65 bits per heavy atom. The SMILES string of the molecule is Cc1cc(CS(=O)(=O)N2CCCC2CO)no1. The first-order chi connectivity index (χ1) is 8.03. The number of hydrogen-bond donors (Lipinski definition) is 1. The zero-order valence-electron chi connectivity index (χ0n) is 9.66. The summed E-state index contributed by atoms with van der Waals surface area (Å²) >= 11 is 0. The van der Waals surface area contributed by atoms with Crippen molar-refractivity contribution in [2.24, 2.45) is 0 Å². The molecule has 2 heterocycles. The van der Waals surface area contributed by atoms with E-state index < -0.39 is 10.0 Å². The average Bonchev–Trinajstić information content (AvgIpc) is 2.86. The maximum atomic E-state index is 12.1. The Bertz CT molecular complexity index is 482. The van der Waals surface area contributed by atoms with Crippen molar-refractivity contribution in [1.29, 1.82) is 0 Å². The average molecular weight is 260 g/mol. The molecule has 0 bridgehead atoms. The van der Waals surface area contributed by atoms with Crippen molar-refractivity contribution in [3.63, 3.8) is 0 Å². The molecule has 1 unspecified atom stereocenters. The predicted octanol–water partition coefficient (Wildman–Crippen LogP) is 0.270. The summed E-state index contributed by atoms with van der Waals surface area (Å²) in [6.45, 7) is 2.07. The fourth-order valence-electron chi connectivity index (χ4n) is 2.11. The summed E-state index contributed by atoms with van der Waals surface area (Å²) in [5, 5.41) is 12.8. The molecule has 0 aliphatic carbocycles. The minimum atomic E-state index is -3.41. The van der Waals surface area contributed by atoms with Crippen LogP contribution in [-0.4, -0.2) is 42.2 Å². The molecule has 1 atom stereocenters. The highest BCUT2D eigenvalue weighted by molar-refractivity contribution is 7.88. The van der Waals surface area contributed by atoms with Gasteiger partial charge in [-0.05, 0) is 19.8 Å². The summed E-state index contributed by atoms with van der Waals surface area (Å²) in [5.74, 6) is 0.427. The van der Waals surface area contributed by atoms with Crippen molar-refractivity contribution >= 4 is 10.0 Å². The normalized spacial score (nSPS) is 22.1. The van der Waals surface area contributed by atoms with Gasteiger partial charge in [-0.2, -0.15) is 4.31 Å². The summed E-state index contributed by atoms with van der Waals surface area (Å²) < 4.78 is 30.4. The molecule has 0 radical (unpaired) electrons. The lowest BCUT2D eigenvalue weighted by atomic mass is 10.2. The molecular formula is C10H16N2O4S. The zero-order valence-corrected chi connectivity index (χ0v) is 10.5. The highest BCUT2D eigenvalue weighted by Crippen LogP contribution is 2.22. The van der Waals surface area contributed by atoms with E-state index >= 15 is 0 Å². The Balaban J connectivity index is 2.13. The highest BCUT2D eigenvalue weighted by Gasteiger charge is 2.34. The Kier molecular flexibility index (Phi) is 3.50. The Morgan fingerprint density at radius 3 is 3.00 bits per heavy atom. The molecule has 1 aromatic heterocycles. The van der Waals surface area contributed by atoms with Gasteiger partial charge in [-0.15, -0.1) is 0 Å². The molecule has 17 heavy (non-hydrogen) atoms. The van der Waals surface area contributed by atoms with Gasteiger partial charge in [-0.3, -0.25) is 0 Å². The van der Waals surface area contributed by atoms with Gasteiger partial charge in [0.2, 0.25) is 10.0 Å². The number of aliphatic hydroxyl groups excluding tert-OH is 1. The highest BCUT2D eigenvalue weighted by atomic mass is 32.2. The van der Waals surface area contributed by atoms with Gasteiger partial charge < -0.3 is 9.63 Å². The molecule has 96 valence electrons. The monoisotopic (exact) mass is 260 g/mol. The molecule has 1 N–H and O–H groups in total. The van der Waals surface area contributed by atoms with Crippen LogP contribution in [-0.2, 0) is 15.8 Å². The fourth-order valence-corrected chi connectivity index (χ4v) is 3.82. The van der Waals surface area contributed by atoms with Crippen molar-refractivity contribution in [2.45, 2.75) is 31.6 Å². The number of aliphatic hydroxyl groups is 1. The van der Waals surface area contributed by atoms with Crippen LogP contribution >= 0.6 is 0 Å². The van der Waals surface area contributed by atoms with Crippen LogP contribution in [0.5, 0.6) is 0 Å². The first-order valence-electron chi connectivity index (χ1n) is 5.55. The van der Waals surface area contributed by atoms with E-state index in [2.05, 4.69) is 5.16 Å². The molecule has 0 spiro atoms.